The van der Waals surface area contributed by atoms with Crippen LogP contribution >= 0.6 is 0 Å². The summed E-state index contributed by atoms with van der Waals surface area (Å²) < 4.78 is 0. The summed E-state index contributed by atoms with van der Waals surface area (Å²) in [7, 11) is 0. The van der Waals surface area contributed by atoms with Gasteiger partial charge in [-0.1, -0.05) is 60.7 Å². The van der Waals surface area contributed by atoms with Gasteiger partial charge in [-0.15, -0.1) is 0 Å². The van der Waals surface area contributed by atoms with E-state index in [4.69, 9.17) is 4.98 Å². The van der Waals surface area contributed by atoms with Gasteiger partial charge < -0.3 is 5.11 Å². The van der Waals surface area contributed by atoms with E-state index in [2.05, 4.69) is 0 Å². The van der Waals surface area contributed by atoms with Gasteiger partial charge in [-0.3, -0.25) is 4.79 Å². The van der Waals surface area contributed by atoms with Crippen LogP contribution in [-0.4, -0.2) is 15.9 Å². The Kier molecular flexibility index (Phi) is 3.98. The summed E-state index contributed by atoms with van der Waals surface area (Å²) >= 11 is 0. The Morgan fingerprint density at radius 1 is 0.846 bits per heavy atom. The number of phenols is 1. The maximum atomic E-state index is 12.1. The maximum Gasteiger partial charge on any atom is 0.160 e. The second-order valence-electron chi connectivity index (χ2n) is 6.22. The number of pyridine rings is 1. The van der Waals surface area contributed by atoms with E-state index in [9.17, 15) is 9.90 Å². The van der Waals surface area contributed by atoms with Crippen LogP contribution in [-0.2, 0) is 0 Å². The first-order valence-corrected chi connectivity index (χ1v) is 8.43. The maximum absolute atomic E-state index is 12.1. The van der Waals surface area contributed by atoms with E-state index in [0.29, 0.717) is 5.56 Å². The number of phenolic OH excluding ortho intramolecular Hbond substituents is 1. The molecule has 0 fully saturated rings. The molecule has 1 aromatic heterocycles. The molecule has 0 unspecified atom stereocenters. The number of fused-ring (bicyclic) bond motifs is 1. The van der Waals surface area contributed by atoms with Gasteiger partial charge in [0.25, 0.3) is 0 Å². The summed E-state index contributed by atoms with van der Waals surface area (Å²) in [6.07, 6.45) is 0. The van der Waals surface area contributed by atoms with Crippen LogP contribution in [0.1, 0.15) is 17.3 Å². The summed E-state index contributed by atoms with van der Waals surface area (Å²) in [5.41, 5.74) is 4.89. The molecule has 1 N–H and O–H groups in total. The van der Waals surface area contributed by atoms with Gasteiger partial charge in [0.2, 0.25) is 0 Å². The number of para-hydroxylation sites is 2. The van der Waals surface area contributed by atoms with Crippen molar-refractivity contribution >= 4 is 16.7 Å². The largest absolute Gasteiger partial charge is 0.507 e. The SMILES string of the molecule is CC(=O)c1cc(-c2ccc(-c3ccccc3O)cc2)nc2ccccc12. The molecule has 0 spiro atoms. The molecule has 0 saturated heterocycles. The fraction of sp³-hybridized carbons (Fsp3) is 0.0435. The van der Waals surface area contributed by atoms with Crippen molar-refractivity contribution in [3.05, 3.63) is 84.4 Å². The molecule has 0 aliphatic heterocycles. The van der Waals surface area contributed by atoms with E-state index in [1.165, 1.54) is 0 Å². The molecule has 26 heavy (non-hydrogen) atoms. The molecule has 3 heteroatoms. The zero-order valence-electron chi connectivity index (χ0n) is 14.3. The van der Waals surface area contributed by atoms with Gasteiger partial charge in [-0.2, -0.15) is 0 Å². The second-order valence-corrected chi connectivity index (χ2v) is 6.22. The van der Waals surface area contributed by atoms with Crippen molar-refractivity contribution in [2.45, 2.75) is 6.92 Å². The molecule has 4 aromatic rings. The number of aromatic hydroxyl groups is 1. The topological polar surface area (TPSA) is 50.2 Å². The molecule has 3 nitrogen and oxygen atoms in total. The van der Waals surface area contributed by atoms with Crippen LogP contribution in [0, 0.1) is 0 Å². The lowest BCUT2D eigenvalue weighted by molar-refractivity contribution is 0.101. The molecular formula is C23H17NO2. The van der Waals surface area contributed by atoms with Gasteiger partial charge in [0.05, 0.1) is 11.2 Å². The van der Waals surface area contributed by atoms with E-state index >= 15 is 0 Å². The van der Waals surface area contributed by atoms with Crippen LogP contribution in [0.15, 0.2) is 78.9 Å². The quantitative estimate of drug-likeness (QED) is 0.503. The molecule has 0 atom stereocenters. The van der Waals surface area contributed by atoms with Crippen molar-refractivity contribution in [2.24, 2.45) is 0 Å². The average Bonchev–Trinajstić information content (AvgIpc) is 2.67. The molecule has 1 heterocycles. The lowest BCUT2D eigenvalue weighted by Gasteiger charge is -2.09. The van der Waals surface area contributed by atoms with Crippen molar-refractivity contribution in [2.75, 3.05) is 0 Å². The Balaban J connectivity index is 1.81. The Morgan fingerprint density at radius 2 is 1.50 bits per heavy atom. The summed E-state index contributed by atoms with van der Waals surface area (Å²) in [6, 6.07) is 24.6. The van der Waals surface area contributed by atoms with Crippen LogP contribution in [0.2, 0.25) is 0 Å². The predicted octanol–water partition coefficient (Wildman–Crippen LogP) is 5.48. The minimum absolute atomic E-state index is 0.0238. The number of rotatable bonds is 3. The summed E-state index contributed by atoms with van der Waals surface area (Å²) in [6.45, 7) is 1.58. The number of hydrogen-bond donors (Lipinski definition) is 1. The Labute approximate surface area is 151 Å². The van der Waals surface area contributed by atoms with Crippen LogP contribution in [0.25, 0.3) is 33.3 Å². The van der Waals surface area contributed by atoms with E-state index in [1.54, 1.807) is 19.1 Å². The molecule has 0 radical (unpaired) electrons. The summed E-state index contributed by atoms with van der Waals surface area (Å²) in [5.74, 6) is 0.277. The number of benzene rings is 3. The standard InChI is InChI=1S/C23H17NO2/c1-15(25)20-14-22(24-21-8-4-2-7-19(20)21)17-12-10-16(11-13-17)18-6-3-5-9-23(18)26/h2-14,26H,1H3. The van der Waals surface area contributed by atoms with Crippen LogP contribution in [0.4, 0.5) is 0 Å². The van der Waals surface area contributed by atoms with Gasteiger partial charge >= 0.3 is 0 Å². The Bertz CT molecular complexity index is 1110. The first kappa shape index (κ1) is 16.0. The van der Waals surface area contributed by atoms with Crippen molar-refractivity contribution in [1.82, 2.24) is 4.98 Å². The fourth-order valence-corrected chi connectivity index (χ4v) is 3.15. The van der Waals surface area contributed by atoms with E-state index in [-0.39, 0.29) is 11.5 Å². The molecule has 126 valence electrons. The summed E-state index contributed by atoms with van der Waals surface area (Å²) in [5, 5.41) is 10.9. The highest BCUT2D eigenvalue weighted by Crippen LogP contribution is 2.31. The average molecular weight is 339 g/mol. The van der Waals surface area contributed by atoms with Crippen molar-refractivity contribution < 1.29 is 9.90 Å². The lowest BCUT2D eigenvalue weighted by Crippen LogP contribution is -1.97. The van der Waals surface area contributed by atoms with Crippen LogP contribution in [0.5, 0.6) is 5.75 Å². The zero-order chi connectivity index (χ0) is 18.1. The molecule has 0 saturated carbocycles. The molecule has 4 rings (SSSR count). The van der Waals surface area contributed by atoms with Crippen LogP contribution < -0.4 is 0 Å². The number of carbonyl (C=O) groups excluding carboxylic acids is 1. The normalized spacial score (nSPS) is 10.8. The highest BCUT2D eigenvalue weighted by molar-refractivity contribution is 6.07. The third kappa shape index (κ3) is 2.84. The van der Waals surface area contributed by atoms with E-state index < -0.39 is 0 Å². The molecule has 0 aliphatic rings. The van der Waals surface area contributed by atoms with Gasteiger partial charge in [0.15, 0.2) is 5.78 Å². The minimum atomic E-state index is 0.0238. The molecule has 0 bridgehead atoms. The monoisotopic (exact) mass is 339 g/mol. The first-order chi connectivity index (χ1) is 12.6. The number of ketones is 1. The molecule has 0 aliphatic carbocycles. The number of hydrogen-bond acceptors (Lipinski definition) is 3. The van der Waals surface area contributed by atoms with E-state index in [0.717, 1.165) is 33.3 Å². The van der Waals surface area contributed by atoms with Crippen LogP contribution in [0.3, 0.4) is 0 Å². The van der Waals surface area contributed by atoms with E-state index in [1.807, 2.05) is 66.7 Å². The minimum Gasteiger partial charge on any atom is -0.507 e. The number of Topliss-reactive ketones (excluding diaryl/α,β-unsaturated/α-hetero) is 1. The van der Waals surface area contributed by atoms with Gasteiger partial charge in [0, 0.05) is 22.1 Å². The van der Waals surface area contributed by atoms with Crippen molar-refractivity contribution in [1.29, 1.82) is 0 Å². The molecular weight excluding hydrogens is 322 g/mol. The van der Waals surface area contributed by atoms with Gasteiger partial charge in [-0.05, 0) is 30.7 Å². The zero-order valence-corrected chi connectivity index (χ0v) is 14.3. The highest BCUT2D eigenvalue weighted by atomic mass is 16.3. The Hall–Kier alpha value is -3.46. The van der Waals surface area contributed by atoms with Crippen molar-refractivity contribution in [3.63, 3.8) is 0 Å². The third-order valence-corrected chi connectivity index (χ3v) is 4.49. The summed E-state index contributed by atoms with van der Waals surface area (Å²) in [4.78, 5) is 16.8. The second kappa shape index (κ2) is 6.45. The highest BCUT2D eigenvalue weighted by Gasteiger charge is 2.11. The predicted molar refractivity (Wildman–Crippen MR) is 104 cm³/mol. The molecule has 3 aromatic carbocycles. The van der Waals surface area contributed by atoms with Gasteiger partial charge in [0.1, 0.15) is 5.75 Å². The number of nitrogens with zero attached hydrogens (tertiary/aromatic N) is 1. The number of carbonyl (C=O) groups is 1. The molecule has 0 amide bonds. The van der Waals surface area contributed by atoms with Gasteiger partial charge in [-0.25, -0.2) is 4.98 Å². The third-order valence-electron chi connectivity index (χ3n) is 4.49. The van der Waals surface area contributed by atoms with Crippen molar-refractivity contribution in [3.8, 4) is 28.1 Å². The smallest absolute Gasteiger partial charge is 0.160 e. The number of aromatic nitrogens is 1. The lowest BCUT2D eigenvalue weighted by atomic mass is 9.99. The fourth-order valence-electron chi connectivity index (χ4n) is 3.15. The first-order valence-electron chi connectivity index (χ1n) is 8.43. The Morgan fingerprint density at radius 3 is 2.23 bits per heavy atom.